The number of hydrogen-bond donors (Lipinski definition) is 2. The van der Waals surface area contributed by atoms with Crippen LogP contribution >= 0.6 is 0 Å². The van der Waals surface area contributed by atoms with Crippen LogP contribution in [0.5, 0.6) is 0 Å². The fraction of sp³-hybridized carbons (Fsp3) is 0.357. The molecule has 3 nitrogen and oxygen atoms in total. The summed E-state index contributed by atoms with van der Waals surface area (Å²) < 4.78 is 41.2. The smallest absolute Gasteiger partial charge is 0.185 e. The first-order valence-electron chi connectivity index (χ1n) is 6.59. The van der Waals surface area contributed by atoms with Crippen LogP contribution in [0.25, 0.3) is 10.9 Å². The van der Waals surface area contributed by atoms with Crippen LogP contribution in [-0.2, 0) is 12.8 Å². The maximum absolute atomic E-state index is 14.0. The molecule has 0 fully saturated rings. The van der Waals surface area contributed by atoms with Gasteiger partial charge in [-0.1, -0.05) is 6.42 Å². The molecule has 0 amide bonds. The second-order valence-corrected chi connectivity index (χ2v) is 4.99. The molecule has 20 heavy (non-hydrogen) atoms. The molecule has 0 radical (unpaired) electrons. The van der Waals surface area contributed by atoms with Gasteiger partial charge in [0.15, 0.2) is 11.6 Å². The number of anilines is 1. The van der Waals surface area contributed by atoms with Gasteiger partial charge in [0.05, 0.1) is 11.1 Å². The second kappa shape index (κ2) is 4.94. The van der Waals surface area contributed by atoms with E-state index in [4.69, 9.17) is 5.84 Å². The van der Waals surface area contributed by atoms with Crippen molar-refractivity contribution in [2.75, 3.05) is 5.43 Å². The maximum Gasteiger partial charge on any atom is 0.185 e. The third kappa shape index (κ3) is 1.91. The summed E-state index contributed by atoms with van der Waals surface area (Å²) in [5.41, 5.74) is 3.95. The molecule has 2 aromatic rings. The monoisotopic (exact) mass is 281 g/mol. The Labute approximate surface area is 114 Å². The van der Waals surface area contributed by atoms with Gasteiger partial charge in [-0.25, -0.2) is 18.2 Å². The number of fused-ring (bicyclic) bond motifs is 2. The number of pyridine rings is 1. The fourth-order valence-corrected chi connectivity index (χ4v) is 2.83. The number of nitrogens with zero attached hydrogens (tertiary/aromatic N) is 1. The van der Waals surface area contributed by atoms with Gasteiger partial charge in [-0.2, -0.15) is 0 Å². The number of nitrogens with one attached hydrogen (secondary N) is 1. The summed E-state index contributed by atoms with van der Waals surface area (Å²) in [5, 5.41) is -0.0768. The third-order valence-electron chi connectivity index (χ3n) is 3.78. The van der Waals surface area contributed by atoms with E-state index in [0.717, 1.165) is 24.8 Å². The molecule has 6 heteroatoms. The Hall–Kier alpha value is -1.82. The van der Waals surface area contributed by atoms with Crippen molar-refractivity contribution < 1.29 is 13.2 Å². The van der Waals surface area contributed by atoms with E-state index in [9.17, 15) is 13.2 Å². The summed E-state index contributed by atoms with van der Waals surface area (Å²) in [6.45, 7) is 0. The lowest BCUT2D eigenvalue weighted by Gasteiger charge is -2.15. The van der Waals surface area contributed by atoms with E-state index < -0.39 is 17.5 Å². The van der Waals surface area contributed by atoms with Gasteiger partial charge in [0.2, 0.25) is 0 Å². The summed E-state index contributed by atoms with van der Waals surface area (Å²) in [7, 11) is 0. The van der Waals surface area contributed by atoms with E-state index in [0.29, 0.717) is 30.3 Å². The minimum Gasteiger partial charge on any atom is -0.323 e. The van der Waals surface area contributed by atoms with Crippen molar-refractivity contribution in [3.05, 3.63) is 34.8 Å². The number of rotatable bonds is 1. The number of aryl methyl sites for hydroxylation is 1. The van der Waals surface area contributed by atoms with Crippen molar-refractivity contribution >= 4 is 16.6 Å². The zero-order chi connectivity index (χ0) is 14.3. The van der Waals surface area contributed by atoms with Gasteiger partial charge in [-0.15, -0.1) is 0 Å². The van der Waals surface area contributed by atoms with E-state index in [1.54, 1.807) is 0 Å². The van der Waals surface area contributed by atoms with Gasteiger partial charge >= 0.3 is 0 Å². The number of hydrogen-bond acceptors (Lipinski definition) is 3. The highest BCUT2D eigenvalue weighted by Gasteiger charge is 2.22. The van der Waals surface area contributed by atoms with Crippen molar-refractivity contribution in [1.82, 2.24) is 4.98 Å². The predicted molar refractivity (Wildman–Crippen MR) is 70.7 cm³/mol. The van der Waals surface area contributed by atoms with Crippen LogP contribution in [0.3, 0.4) is 0 Å². The molecule has 0 saturated carbocycles. The van der Waals surface area contributed by atoms with Crippen LogP contribution in [0.2, 0.25) is 0 Å². The molecule has 1 aliphatic rings. The number of hydrazine groups is 1. The quantitative estimate of drug-likeness (QED) is 0.365. The summed E-state index contributed by atoms with van der Waals surface area (Å²) in [4.78, 5) is 4.15. The van der Waals surface area contributed by atoms with Gasteiger partial charge in [-0.3, -0.25) is 5.84 Å². The molecule has 0 unspecified atom stereocenters. The molecule has 0 atom stereocenters. The molecule has 0 saturated heterocycles. The first-order chi connectivity index (χ1) is 9.63. The van der Waals surface area contributed by atoms with E-state index in [1.807, 2.05) is 0 Å². The molecule has 1 aromatic heterocycles. The van der Waals surface area contributed by atoms with Gasteiger partial charge in [0.25, 0.3) is 0 Å². The van der Waals surface area contributed by atoms with Crippen molar-refractivity contribution in [2.45, 2.75) is 32.1 Å². The van der Waals surface area contributed by atoms with Gasteiger partial charge in [0, 0.05) is 11.8 Å². The molecule has 3 rings (SSSR count). The predicted octanol–water partition coefficient (Wildman–Crippen LogP) is 3.21. The molecule has 1 heterocycles. The topological polar surface area (TPSA) is 50.9 Å². The maximum atomic E-state index is 14.0. The van der Waals surface area contributed by atoms with Crippen molar-refractivity contribution in [2.24, 2.45) is 5.84 Å². The highest BCUT2D eigenvalue weighted by atomic mass is 19.2. The Bertz CT molecular complexity index is 685. The molecule has 0 bridgehead atoms. The van der Waals surface area contributed by atoms with Crippen molar-refractivity contribution in [3.8, 4) is 0 Å². The molecule has 1 aliphatic carbocycles. The number of nitrogen functional groups attached to an aromatic ring is 1. The second-order valence-electron chi connectivity index (χ2n) is 4.99. The van der Waals surface area contributed by atoms with Crippen molar-refractivity contribution in [3.63, 3.8) is 0 Å². The molecule has 0 aliphatic heterocycles. The Morgan fingerprint density at radius 3 is 2.55 bits per heavy atom. The molecule has 3 N–H and O–H groups in total. The minimum absolute atomic E-state index is 0.0768. The normalized spacial score (nSPS) is 15.0. The highest BCUT2D eigenvalue weighted by Crippen LogP contribution is 2.35. The summed E-state index contributed by atoms with van der Waals surface area (Å²) in [6, 6.07) is 0.531. The largest absolute Gasteiger partial charge is 0.323 e. The Morgan fingerprint density at radius 1 is 1.05 bits per heavy atom. The van der Waals surface area contributed by atoms with Crippen LogP contribution < -0.4 is 11.3 Å². The lowest BCUT2D eigenvalue weighted by molar-refractivity contribution is 0.504. The first-order valence-corrected chi connectivity index (χ1v) is 6.59. The average Bonchev–Trinajstić information content (AvgIpc) is 2.67. The molecule has 0 spiro atoms. The van der Waals surface area contributed by atoms with E-state index in [2.05, 4.69) is 10.4 Å². The Balaban J connectivity index is 2.42. The highest BCUT2D eigenvalue weighted by molar-refractivity contribution is 5.94. The van der Waals surface area contributed by atoms with Crippen LogP contribution in [0.4, 0.5) is 18.9 Å². The van der Waals surface area contributed by atoms with E-state index >= 15 is 0 Å². The summed E-state index contributed by atoms with van der Waals surface area (Å²) in [5.74, 6) is 2.26. The fourth-order valence-electron chi connectivity index (χ4n) is 2.83. The molecular formula is C14H14F3N3. The zero-order valence-electron chi connectivity index (χ0n) is 10.8. The Morgan fingerprint density at radius 2 is 1.80 bits per heavy atom. The zero-order valence-corrected chi connectivity index (χ0v) is 10.8. The Kier molecular flexibility index (Phi) is 3.25. The standard InChI is InChI=1S/C14H14F3N3/c15-8-6-9(16)12(17)14-11(8)13(20-18)7-4-2-1-3-5-10(7)19-14/h6H,1-5,18H2,(H,19,20). The number of aromatic nitrogens is 1. The van der Waals surface area contributed by atoms with Gasteiger partial charge in [-0.05, 0) is 31.2 Å². The van der Waals surface area contributed by atoms with Crippen molar-refractivity contribution in [1.29, 1.82) is 0 Å². The van der Waals surface area contributed by atoms with Crippen LogP contribution in [-0.4, -0.2) is 4.98 Å². The number of nitrogens with two attached hydrogens (primary N) is 1. The number of halogens is 3. The lowest BCUT2D eigenvalue weighted by Crippen LogP contribution is -2.13. The van der Waals surface area contributed by atoms with E-state index in [-0.39, 0.29) is 10.9 Å². The molecule has 1 aromatic carbocycles. The summed E-state index contributed by atoms with van der Waals surface area (Å²) >= 11 is 0. The molecular weight excluding hydrogens is 267 g/mol. The number of benzene rings is 1. The van der Waals surface area contributed by atoms with Crippen LogP contribution in [0.1, 0.15) is 30.5 Å². The molecule has 106 valence electrons. The van der Waals surface area contributed by atoms with Gasteiger partial charge in [0.1, 0.15) is 11.3 Å². The lowest BCUT2D eigenvalue weighted by atomic mass is 10.0. The summed E-state index contributed by atoms with van der Waals surface area (Å²) in [6.07, 6.45) is 4.26. The van der Waals surface area contributed by atoms with Crippen LogP contribution in [0.15, 0.2) is 6.07 Å². The third-order valence-corrected chi connectivity index (χ3v) is 3.78. The van der Waals surface area contributed by atoms with E-state index in [1.165, 1.54) is 0 Å². The first kappa shape index (κ1) is 13.2. The van der Waals surface area contributed by atoms with Gasteiger partial charge < -0.3 is 5.43 Å². The SMILES string of the molecule is NNc1c2c(nc3c(F)c(F)cc(F)c13)CCCCC2. The van der Waals surface area contributed by atoms with Crippen LogP contribution in [0, 0.1) is 17.5 Å². The minimum atomic E-state index is -1.24. The average molecular weight is 281 g/mol.